The van der Waals surface area contributed by atoms with E-state index < -0.39 is 0 Å². The Morgan fingerprint density at radius 1 is 1.50 bits per heavy atom. The Balaban J connectivity index is 1.83. The lowest BCUT2D eigenvalue weighted by atomic mass is 10.1. The van der Waals surface area contributed by atoms with E-state index in [1.165, 1.54) is 0 Å². The molecule has 6 heteroatoms. The van der Waals surface area contributed by atoms with Crippen LogP contribution < -0.4 is 0 Å². The monoisotopic (exact) mass is 246 g/mol. The number of rotatable bonds is 1. The molecule has 94 valence electrons. The van der Waals surface area contributed by atoms with Crippen molar-refractivity contribution in [3.63, 3.8) is 0 Å². The Morgan fingerprint density at radius 3 is 3.06 bits per heavy atom. The molecule has 0 atom stereocenters. The average molecular weight is 246 g/mol. The van der Waals surface area contributed by atoms with Gasteiger partial charge >= 0.3 is 0 Å². The second-order valence-corrected chi connectivity index (χ2v) is 4.55. The first-order valence-electron chi connectivity index (χ1n) is 5.87. The minimum absolute atomic E-state index is 0.0845. The summed E-state index contributed by atoms with van der Waals surface area (Å²) in [5, 5.41) is 3.77. The summed E-state index contributed by atoms with van der Waals surface area (Å²) in [5.41, 5.74) is 2.55. The number of amides is 1. The molecule has 1 aliphatic rings. The van der Waals surface area contributed by atoms with Gasteiger partial charge in [0.15, 0.2) is 5.69 Å². The first kappa shape index (κ1) is 11.0. The van der Waals surface area contributed by atoms with Gasteiger partial charge in [-0.1, -0.05) is 5.16 Å². The number of carbonyl (C=O) groups is 1. The zero-order valence-corrected chi connectivity index (χ0v) is 10.4. The maximum Gasteiger partial charge on any atom is 0.276 e. The molecule has 0 saturated carbocycles. The first-order valence-corrected chi connectivity index (χ1v) is 5.87. The molecule has 2 aromatic heterocycles. The van der Waals surface area contributed by atoms with Gasteiger partial charge in [-0.25, -0.2) is 4.98 Å². The summed E-state index contributed by atoms with van der Waals surface area (Å²) in [6.45, 7) is 3.03. The number of aromatic nitrogens is 3. The van der Waals surface area contributed by atoms with Crippen LogP contribution in [0.1, 0.15) is 27.6 Å². The van der Waals surface area contributed by atoms with Crippen LogP contribution >= 0.6 is 0 Å². The Kier molecular flexibility index (Phi) is 2.43. The predicted octanol–water partition coefficient (Wildman–Crippen LogP) is 0.915. The van der Waals surface area contributed by atoms with Crippen LogP contribution in [0.5, 0.6) is 0 Å². The summed E-state index contributed by atoms with van der Waals surface area (Å²) in [6, 6.07) is 1.67. The quantitative estimate of drug-likeness (QED) is 0.750. The van der Waals surface area contributed by atoms with Crippen LogP contribution in [0.2, 0.25) is 0 Å². The molecule has 0 N–H and O–H groups in total. The molecule has 0 radical (unpaired) electrons. The fourth-order valence-corrected chi connectivity index (χ4v) is 2.22. The van der Waals surface area contributed by atoms with Gasteiger partial charge in [0.05, 0.1) is 24.3 Å². The van der Waals surface area contributed by atoms with Gasteiger partial charge in [0, 0.05) is 26.1 Å². The summed E-state index contributed by atoms with van der Waals surface area (Å²) < 4.78 is 6.90. The fraction of sp³-hybridized carbons (Fsp3) is 0.417. The normalized spacial score (nSPS) is 14.7. The third-order valence-corrected chi connectivity index (χ3v) is 3.24. The van der Waals surface area contributed by atoms with Crippen molar-refractivity contribution in [3.05, 3.63) is 35.2 Å². The third kappa shape index (κ3) is 1.70. The van der Waals surface area contributed by atoms with Crippen LogP contribution in [0.15, 0.2) is 16.9 Å². The van der Waals surface area contributed by atoms with Gasteiger partial charge in [0.1, 0.15) is 5.76 Å². The molecule has 0 fully saturated rings. The van der Waals surface area contributed by atoms with Crippen molar-refractivity contribution in [3.8, 4) is 0 Å². The molecule has 3 heterocycles. The van der Waals surface area contributed by atoms with Crippen LogP contribution in [0.4, 0.5) is 0 Å². The highest BCUT2D eigenvalue weighted by Gasteiger charge is 2.26. The Hall–Kier alpha value is -2.11. The number of hydrogen-bond donors (Lipinski definition) is 0. The number of fused-ring (bicyclic) bond motifs is 1. The number of nitrogens with zero attached hydrogens (tertiary/aromatic N) is 4. The highest BCUT2D eigenvalue weighted by molar-refractivity contribution is 5.92. The maximum atomic E-state index is 12.2. The van der Waals surface area contributed by atoms with Crippen LogP contribution in [0, 0.1) is 6.92 Å². The molecule has 0 aliphatic carbocycles. The molecule has 0 spiro atoms. The molecule has 18 heavy (non-hydrogen) atoms. The van der Waals surface area contributed by atoms with Crippen molar-refractivity contribution in [1.29, 1.82) is 0 Å². The van der Waals surface area contributed by atoms with E-state index >= 15 is 0 Å². The van der Waals surface area contributed by atoms with Gasteiger partial charge in [0.25, 0.3) is 5.91 Å². The Morgan fingerprint density at radius 2 is 2.33 bits per heavy atom. The van der Waals surface area contributed by atoms with Crippen LogP contribution in [-0.4, -0.2) is 32.1 Å². The molecular weight excluding hydrogens is 232 g/mol. The molecule has 0 bridgehead atoms. The van der Waals surface area contributed by atoms with E-state index in [0.29, 0.717) is 24.5 Å². The summed E-state index contributed by atoms with van der Waals surface area (Å²) in [5.74, 6) is 0.565. The van der Waals surface area contributed by atoms with E-state index in [9.17, 15) is 4.79 Å². The topological polar surface area (TPSA) is 64.2 Å². The van der Waals surface area contributed by atoms with Crippen molar-refractivity contribution in [2.24, 2.45) is 7.05 Å². The van der Waals surface area contributed by atoms with Gasteiger partial charge in [-0.2, -0.15) is 0 Å². The molecule has 6 nitrogen and oxygen atoms in total. The van der Waals surface area contributed by atoms with Crippen molar-refractivity contribution >= 4 is 5.91 Å². The van der Waals surface area contributed by atoms with E-state index in [0.717, 1.165) is 17.8 Å². The number of hydrogen-bond acceptors (Lipinski definition) is 4. The highest BCUT2D eigenvalue weighted by atomic mass is 16.5. The number of imidazole rings is 1. The largest absolute Gasteiger partial charge is 0.361 e. The maximum absolute atomic E-state index is 12.2. The van der Waals surface area contributed by atoms with E-state index in [2.05, 4.69) is 10.1 Å². The minimum Gasteiger partial charge on any atom is -0.361 e. The minimum atomic E-state index is -0.0845. The molecular formula is C12H14N4O2. The number of aryl methyl sites for hydroxylation is 2. The van der Waals surface area contributed by atoms with Crippen molar-refractivity contribution in [2.75, 3.05) is 6.54 Å². The second-order valence-electron chi connectivity index (χ2n) is 4.55. The summed E-state index contributed by atoms with van der Waals surface area (Å²) in [4.78, 5) is 18.3. The van der Waals surface area contributed by atoms with Gasteiger partial charge in [-0.05, 0) is 6.92 Å². The fourth-order valence-electron chi connectivity index (χ4n) is 2.22. The van der Waals surface area contributed by atoms with Crippen LogP contribution in [0.3, 0.4) is 0 Å². The molecule has 1 amide bonds. The van der Waals surface area contributed by atoms with Crippen LogP contribution in [-0.2, 0) is 20.0 Å². The lowest BCUT2D eigenvalue weighted by Gasteiger charge is -2.26. The number of carbonyl (C=O) groups excluding carboxylic acids is 1. The summed E-state index contributed by atoms with van der Waals surface area (Å²) >= 11 is 0. The highest BCUT2D eigenvalue weighted by Crippen LogP contribution is 2.18. The molecule has 3 rings (SSSR count). The van der Waals surface area contributed by atoms with E-state index in [1.807, 2.05) is 11.6 Å². The summed E-state index contributed by atoms with van der Waals surface area (Å²) in [6.07, 6.45) is 2.58. The average Bonchev–Trinajstić information content (AvgIpc) is 2.95. The smallest absolute Gasteiger partial charge is 0.276 e. The molecule has 1 aliphatic heterocycles. The zero-order valence-electron chi connectivity index (χ0n) is 10.4. The van der Waals surface area contributed by atoms with Gasteiger partial charge < -0.3 is 14.0 Å². The van der Waals surface area contributed by atoms with Crippen LogP contribution in [0.25, 0.3) is 0 Å². The standard InChI is InChI=1S/C12H14N4O2/c1-8-5-10(14-18-8)12(17)16-4-3-9-11(6-16)15(2)7-13-9/h5,7H,3-4,6H2,1-2H3. The van der Waals surface area contributed by atoms with E-state index in [-0.39, 0.29) is 5.91 Å². The van der Waals surface area contributed by atoms with Crippen molar-refractivity contribution in [1.82, 2.24) is 19.6 Å². The Labute approximate surface area is 104 Å². The molecule has 0 unspecified atom stereocenters. The second kappa shape index (κ2) is 3.97. The molecule has 0 aromatic carbocycles. The van der Waals surface area contributed by atoms with Gasteiger partial charge in [0.2, 0.25) is 0 Å². The zero-order chi connectivity index (χ0) is 12.7. The van der Waals surface area contributed by atoms with E-state index in [1.54, 1.807) is 24.2 Å². The first-order chi connectivity index (χ1) is 8.65. The van der Waals surface area contributed by atoms with Gasteiger partial charge in [-0.3, -0.25) is 4.79 Å². The molecule has 0 saturated heterocycles. The van der Waals surface area contributed by atoms with Crippen molar-refractivity contribution < 1.29 is 9.32 Å². The molecule has 2 aromatic rings. The summed E-state index contributed by atoms with van der Waals surface area (Å²) in [7, 11) is 1.94. The Bertz CT molecular complexity index is 599. The van der Waals surface area contributed by atoms with Gasteiger partial charge in [-0.15, -0.1) is 0 Å². The lowest BCUT2D eigenvalue weighted by molar-refractivity contribution is 0.0719. The third-order valence-electron chi connectivity index (χ3n) is 3.24. The predicted molar refractivity (Wildman–Crippen MR) is 62.9 cm³/mol. The van der Waals surface area contributed by atoms with Crippen molar-refractivity contribution in [2.45, 2.75) is 19.9 Å². The van der Waals surface area contributed by atoms with E-state index in [4.69, 9.17) is 4.52 Å². The lowest BCUT2D eigenvalue weighted by Crippen LogP contribution is -2.36. The SMILES string of the molecule is Cc1cc(C(=O)N2CCc3ncn(C)c3C2)no1.